The zero-order valence-corrected chi connectivity index (χ0v) is 13.3. The van der Waals surface area contributed by atoms with Crippen molar-refractivity contribution < 1.29 is 23.7 Å². The molecule has 0 aromatic rings. The topological polar surface area (TPSA) is 54.0 Å². The number of hydrogen-bond donors (Lipinski definition) is 0. The van der Waals surface area contributed by atoms with Crippen molar-refractivity contribution in [3.05, 3.63) is 0 Å². The summed E-state index contributed by atoms with van der Waals surface area (Å²) in [6, 6.07) is 0. The third kappa shape index (κ3) is 6.36. The molecule has 0 N–H and O–H groups in total. The van der Waals surface area contributed by atoms with E-state index in [0.717, 1.165) is 25.9 Å². The molecule has 0 radical (unpaired) electrons. The first kappa shape index (κ1) is 17.8. The maximum absolute atomic E-state index is 11.3. The molecular weight excluding hydrogens is 272 g/mol. The lowest BCUT2D eigenvalue weighted by atomic mass is 9.98. The maximum Gasteiger partial charge on any atom is 0.509 e. The first-order chi connectivity index (χ1) is 10.2. The van der Waals surface area contributed by atoms with Gasteiger partial charge in [0.2, 0.25) is 0 Å². The van der Waals surface area contributed by atoms with E-state index in [9.17, 15) is 4.79 Å². The molecule has 0 spiro atoms. The van der Waals surface area contributed by atoms with Crippen molar-refractivity contribution >= 4 is 6.16 Å². The molecule has 120 valence electrons. The second-order valence-corrected chi connectivity index (χ2v) is 4.98. The molecule has 0 saturated carbocycles. The Morgan fingerprint density at radius 1 is 1.33 bits per heavy atom. The maximum atomic E-state index is 11.3. The average Bonchev–Trinajstić information content (AvgIpc) is 2.54. The standard InChI is InChI=1S/C16H26O5/c1-4-16(5-2,21-15(17)18-3)11-7-9-13-20-14-10-6-8-12-19-14/h14H,4-6,8-10,12-13H2,1-3H3. The summed E-state index contributed by atoms with van der Waals surface area (Å²) in [7, 11) is 1.30. The lowest BCUT2D eigenvalue weighted by Crippen LogP contribution is -2.32. The molecule has 1 rings (SSSR count). The van der Waals surface area contributed by atoms with Crippen molar-refractivity contribution in [1.82, 2.24) is 0 Å². The SMILES string of the molecule is CCC(C#CCCOC1CCCCO1)(CC)OC(=O)OC. The van der Waals surface area contributed by atoms with Gasteiger partial charge in [-0.3, -0.25) is 0 Å². The summed E-state index contributed by atoms with van der Waals surface area (Å²) in [6.07, 6.45) is 4.27. The van der Waals surface area contributed by atoms with Gasteiger partial charge < -0.3 is 18.9 Å². The lowest BCUT2D eigenvalue weighted by molar-refractivity contribution is -0.161. The van der Waals surface area contributed by atoms with Gasteiger partial charge in [-0.2, -0.15) is 0 Å². The number of hydrogen-bond acceptors (Lipinski definition) is 5. The molecule has 5 heteroatoms. The first-order valence-corrected chi connectivity index (χ1v) is 7.66. The van der Waals surface area contributed by atoms with Gasteiger partial charge in [0.05, 0.1) is 13.7 Å². The minimum Gasteiger partial charge on any atom is -0.438 e. The third-order valence-corrected chi connectivity index (χ3v) is 3.57. The quantitative estimate of drug-likeness (QED) is 0.428. The van der Waals surface area contributed by atoms with Crippen molar-refractivity contribution in [2.75, 3.05) is 20.3 Å². The van der Waals surface area contributed by atoms with E-state index in [-0.39, 0.29) is 6.29 Å². The second kappa shape index (κ2) is 9.64. The van der Waals surface area contributed by atoms with Crippen molar-refractivity contribution in [3.8, 4) is 11.8 Å². The molecule has 0 aromatic carbocycles. The molecule has 21 heavy (non-hydrogen) atoms. The summed E-state index contributed by atoms with van der Waals surface area (Å²) >= 11 is 0. The van der Waals surface area contributed by atoms with Crippen LogP contribution in [-0.2, 0) is 18.9 Å². The van der Waals surface area contributed by atoms with Crippen LogP contribution in [0.15, 0.2) is 0 Å². The fourth-order valence-corrected chi connectivity index (χ4v) is 2.11. The van der Waals surface area contributed by atoms with Gasteiger partial charge in [-0.15, -0.1) is 0 Å². The highest BCUT2D eigenvalue weighted by Crippen LogP contribution is 2.20. The summed E-state index contributed by atoms with van der Waals surface area (Å²) in [5, 5.41) is 0. The highest BCUT2D eigenvalue weighted by Gasteiger charge is 2.28. The van der Waals surface area contributed by atoms with Crippen LogP contribution in [0.5, 0.6) is 0 Å². The summed E-state index contributed by atoms with van der Waals surface area (Å²) in [5.41, 5.74) is -0.769. The average molecular weight is 298 g/mol. The Bertz CT molecular complexity index is 359. The third-order valence-electron chi connectivity index (χ3n) is 3.57. The monoisotopic (exact) mass is 298 g/mol. The van der Waals surface area contributed by atoms with Crippen molar-refractivity contribution in [1.29, 1.82) is 0 Å². The van der Waals surface area contributed by atoms with E-state index in [1.165, 1.54) is 7.11 Å². The Balaban J connectivity index is 2.39. The Hall–Kier alpha value is -1.25. The second-order valence-electron chi connectivity index (χ2n) is 4.98. The molecule has 5 nitrogen and oxygen atoms in total. The zero-order chi connectivity index (χ0) is 15.6. The van der Waals surface area contributed by atoms with Crippen LogP contribution in [0.25, 0.3) is 0 Å². The van der Waals surface area contributed by atoms with E-state index in [1.54, 1.807) is 0 Å². The van der Waals surface area contributed by atoms with Gasteiger partial charge in [-0.1, -0.05) is 25.7 Å². The number of methoxy groups -OCH3 is 1. The molecule has 1 aliphatic heterocycles. The minimum absolute atomic E-state index is 0.0889. The Morgan fingerprint density at radius 2 is 2.10 bits per heavy atom. The molecule has 1 fully saturated rings. The zero-order valence-electron chi connectivity index (χ0n) is 13.3. The van der Waals surface area contributed by atoms with E-state index in [1.807, 2.05) is 13.8 Å². The van der Waals surface area contributed by atoms with Gasteiger partial charge in [0, 0.05) is 13.0 Å². The van der Waals surface area contributed by atoms with Crippen LogP contribution < -0.4 is 0 Å². The molecule has 1 heterocycles. The summed E-state index contributed by atoms with van der Waals surface area (Å²) < 4.78 is 20.9. The first-order valence-electron chi connectivity index (χ1n) is 7.66. The van der Waals surface area contributed by atoms with Crippen LogP contribution in [0.4, 0.5) is 4.79 Å². The molecule has 0 aliphatic carbocycles. The predicted molar refractivity (Wildman–Crippen MR) is 78.7 cm³/mol. The fraction of sp³-hybridized carbons (Fsp3) is 0.812. The van der Waals surface area contributed by atoms with E-state index in [2.05, 4.69) is 16.6 Å². The van der Waals surface area contributed by atoms with Crippen LogP contribution in [0, 0.1) is 11.8 Å². The molecule has 1 atom stereocenters. The van der Waals surface area contributed by atoms with Gasteiger partial charge >= 0.3 is 6.16 Å². The highest BCUT2D eigenvalue weighted by atomic mass is 16.7. The van der Waals surface area contributed by atoms with Crippen molar-refractivity contribution in [2.24, 2.45) is 0 Å². The number of carbonyl (C=O) groups excluding carboxylic acids is 1. The van der Waals surface area contributed by atoms with Crippen molar-refractivity contribution in [3.63, 3.8) is 0 Å². The molecule has 0 bridgehead atoms. The van der Waals surface area contributed by atoms with Crippen molar-refractivity contribution in [2.45, 2.75) is 64.3 Å². The van der Waals surface area contributed by atoms with Gasteiger partial charge in [-0.05, 0) is 32.1 Å². The van der Waals surface area contributed by atoms with Gasteiger partial charge in [0.15, 0.2) is 11.9 Å². The van der Waals surface area contributed by atoms with Gasteiger partial charge in [0.25, 0.3) is 0 Å². The number of rotatable bonds is 6. The van der Waals surface area contributed by atoms with Crippen LogP contribution in [0.2, 0.25) is 0 Å². The van der Waals surface area contributed by atoms with Gasteiger partial charge in [0.1, 0.15) is 0 Å². The number of carbonyl (C=O) groups is 1. The smallest absolute Gasteiger partial charge is 0.438 e. The van der Waals surface area contributed by atoms with Crippen LogP contribution in [0.3, 0.4) is 0 Å². The lowest BCUT2D eigenvalue weighted by Gasteiger charge is -2.24. The van der Waals surface area contributed by atoms with E-state index >= 15 is 0 Å². The molecular formula is C16H26O5. The molecule has 1 unspecified atom stereocenters. The Morgan fingerprint density at radius 3 is 2.67 bits per heavy atom. The van der Waals surface area contributed by atoms with E-state index in [0.29, 0.717) is 25.9 Å². The van der Waals surface area contributed by atoms with Gasteiger partial charge in [-0.25, -0.2) is 4.79 Å². The fourth-order valence-electron chi connectivity index (χ4n) is 2.11. The molecule has 0 amide bonds. The molecule has 1 saturated heterocycles. The summed E-state index contributed by atoms with van der Waals surface area (Å²) in [6.45, 7) is 5.18. The Kier molecular flexibility index (Phi) is 8.17. The molecule has 0 aromatic heterocycles. The number of ether oxygens (including phenoxy) is 4. The van der Waals surface area contributed by atoms with Crippen LogP contribution in [-0.4, -0.2) is 38.4 Å². The van der Waals surface area contributed by atoms with Crippen LogP contribution in [0.1, 0.15) is 52.4 Å². The predicted octanol–water partition coefficient (Wildman–Crippen LogP) is 3.26. The highest BCUT2D eigenvalue weighted by molar-refractivity contribution is 5.61. The normalized spacial score (nSPS) is 18.5. The largest absolute Gasteiger partial charge is 0.509 e. The van der Waals surface area contributed by atoms with E-state index < -0.39 is 11.8 Å². The molecule has 1 aliphatic rings. The van der Waals surface area contributed by atoms with Crippen LogP contribution >= 0.6 is 0 Å². The Labute approximate surface area is 127 Å². The minimum atomic E-state index is -0.769. The summed E-state index contributed by atoms with van der Waals surface area (Å²) in [5.74, 6) is 6.08. The van der Waals surface area contributed by atoms with E-state index in [4.69, 9.17) is 14.2 Å². The summed E-state index contributed by atoms with van der Waals surface area (Å²) in [4.78, 5) is 11.3.